The van der Waals surface area contributed by atoms with Gasteiger partial charge in [0.2, 0.25) is 0 Å². The summed E-state index contributed by atoms with van der Waals surface area (Å²) in [6.45, 7) is 1.73. The lowest BCUT2D eigenvalue weighted by Gasteiger charge is -2.12. The molecule has 2 aromatic carbocycles. The van der Waals surface area contributed by atoms with Crippen LogP contribution in [0.5, 0.6) is 5.75 Å². The summed E-state index contributed by atoms with van der Waals surface area (Å²) in [5, 5.41) is 4.41. The monoisotopic (exact) mass is 400 g/mol. The second-order valence-corrected chi connectivity index (χ2v) is 7.22. The first-order valence-corrected chi connectivity index (χ1v) is 9.75. The maximum Gasteiger partial charge on any atom is 0.144 e. The van der Waals surface area contributed by atoms with Crippen LogP contribution in [0.2, 0.25) is 0 Å². The summed E-state index contributed by atoms with van der Waals surface area (Å²) < 4.78 is 38.0. The molecule has 0 N–H and O–H groups in total. The van der Waals surface area contributed by atoms with Crippen LogP contribution in [0.25, 0.3) is 28.0 Å². The van der Waals surface area contributed by atoms with Gasteiger partial charge in [-0.3, -0.25) is 9.25 Å². The molecule has 0 saturated heterocycles. The highest BCUT2D eigenvalue weighted by Gasteiger charge is 2.25. The molecule has 0 aliphatic rings. The van der Waals surface area contributed by atoms with E-state index in [2.05, 4.69) is 10.1 Å². The van der Waals surface area contributed by atoms with Crippen molar-refractivity contribution in [2.24, 2.45) is 7.05 Å². The molecule has 0 unspecified atom stereocenters. The summed E-state index contributed by atoms with van der Waals surface area (Å²) in [5.41, 5.74) is 2.39. The smallest absolute Gasteiger partial charge is 0.144 e. The van der Waals surface area contributed by atoms with E-state index in [1.807, 2.05) is 24.5 Å². The second kappa shape index (κ2) is 6.94. The number of rotatable bonds is 4. The third-order valence-corrected chi connectivity index (χ3v) is 5.40. The van der Waals surface area contributed by atoms with E-state index in [9.17, 15) is 8.78 Å². The Balaban J connectivity index is 2.00. The van der Waals surface area contributed by atoms with Crippen LogP contribution in [0.1, 0.15) is 5.69 Å². The lowest BCUT2D eigenvalue weighted by molar-refractivity contribution is 0.407. The van der Waals surface area contributed by atoms with Gasteiger partial charge >= 0.3 is 0 Å². The predicted molar refractivity (Wildman–Crippen MR) is 106 cm³/mol. The zero-order valence-corrected chi connectivity index (χ0v) is 16.6. The number of aryl methyl sites for hydroxylation is 2. The first kappa shape index (κ1) is 18.5. The number of hydrogen-bond acceptors (Lipinski definition) is 4. The Hall–Kier alpha value is -2.87. The molecule has 2 heterocycles. The van der Waals surface area contributed by atoms with Crippen LogP contribution in [-0.4, -0.2) is 32.7 Å². The van der Waals surface area contributed by atoms with E-state index in [-0.39, 0.29) is 11.3 Å². The largest absolute Gasteiger partial charge is 0.497 e. The number of fused-ring (bicyclic) bond motifs is 1. The molecule has 4 aromatic rings. The number of ether oxygens (including phenoxy) is 1. The lowest BCUT2D eigenvalue weighted by atomic mass is 10.0. The number of hydrogen-bond donors (Lipinski definition) is 0. The van der Waals surface area contributed by atoms with Gasteiger partial charge in [0.05, 0.1) is 35.0 Å². The van der Waals surface area contributed by atoms with Gasteiger partial charge in [0.1, 0.15) is 29.5 Å². The summed E-state index contributed by atoms with van der Waals surface area (Å²) in [5.74, 6) is -0.744. The molecule has 0 atom stereocenters. The molecule has 28 heavy (non-hydrogen) atoms. The van der Waals surface area contributed by atoms with E-state index in [0.29, 0.717) is 17.1 Å². The van der Waals surface area contributed by atoms with Crippen LogP contribution in [0.3, 0.4) is 0 Å². The average Bonchev–Trinajstić information content (AvgIpc) is 3.20. The summed E-state index contributed by atoms with van der Waals surface area (Å²) in [4.78, 5) is 5.55. The molecule has 0 radical (unpaired) electrons. The lowest BCUT2D eigenvalue weighted by Crippen LogP contribution is -2.04. The minimum absolute atomic E-state index is 0.125. The van der Waals surface area contributed by atoms with Gasteiger partial charge in [-0.1, -0.05) is 0 Å². The standard InChI is InChI=1S/C20H18F2N4OS/c1-11-18(19-14(21)7-12(27-3)8-15(19)22)20(25(2)24-11)26-10-23-16-9-13(28-4)5-6-17(16)26/h5-10H,1-4H3. The summed E-state index contributed by atoms with van der Waals surface area (Å²) in [7, 11) is 3.11. The molecular formula is C20H18F2N4OS. The first-order valence-electron chi connectivity index (χ1n) is 8.53. The van der Waals surface area contributed by atoms with Crippen LogP contribution < -0.4 is 4.74 Å². The van der Waals surface area contributed by atoms with Crippen molar-refractivity contribution < 1.29 is 13.5 Å². The summed E-state index contributed by atoms with van der Waals surface area (Å²) in [6.07, 6.45) is 3.64. The SMILES string of the molecule is COc1cc(F)c(-c2c(C)nn(C)c2-n2cnc3cc(SC)ccc32)c(F)c1. The second-order valence-electron chi connectivity index (χ2n) is 6.34. The zero-order valence-electron chi connectivity index (χ0n) is 15.8. The Morgan fingerprint density at radius 2 is 1.79 bits per heavy atom. The van der Waals surface area contributed by atoms with Gasteiger partial charge < -0.3 is 4.74 Å². The van der Waals surface area contributed by atoms with Crippen LogP contribution in [0, 0.1) is 18.6 Å². The Kier molecular flexibility index (Phi) is 4.58. The zero-order chi connectivity index (χ0) is 20.0. The Morgan fingerprint density at radius 3 is 2.43 bits per heavy atom. The number of imidazole rings is 1. The summed E-state index contributed by atoms with van der Waals surface area (Å²) >= 11 is 1.63. The van der Waals surface area contributed by atoms with Gasteiger partial charge in [-0.05, 0) is 31.4 Å². The number of aromatic nitrogens is 4. The summed E-state index contributed by atoms with van der Waals surface area (Å²) in [6, 6.07) is 8.26. The van der Waals surface area contributed by atoms with Gasteiger partial charge in [0, 0.05) is 24.1 Å². The highest BCUT2D eigenvalue weighted by Crippen LogP contribution is 2.37. The van der Waals surface area contributed by atoms with Gasteiger partial charge in [0.25, 0.3) is 0 Å². The number of nitrogens with zero attached hydrogens (tertiary/aromatic N) is 4. The minimum atomic E-state index is -0.705. The molecule has 0 aliphatic heterocycles. The number of halogens is 2. The van der Waals surface area contributed by atoms with Crippen molar-refractivity contribution in [3.05, 3.63) is 54.0 Å². The fourth-order valence-electron chi connectivity index (χ4n) is 3.41. The molecule has 8 heteroatoms. The molecule has 144 valence electrons. The minimum Gasteiger partial charge on any atom is -0.497 e. The van der Waals surface area contributed by atoms with Crippen molar-refractivity contribution in [2.75, 3.05) is 13.4 Å². The Morgan fingerprint density at radius 1 is 1.07 bits per heavy atom. The maximum absolute atomic E-state index is 14.8. The molecule has 0 amide bonds. The number of thioether (sulfide) groups is 1. The van der Waals surface area contributed by atoms with E-state index in [0.717, 1.165) is 15.9 Å². The van der Waals surface area contributed by atoms with Crippen molar-refractivity contribution in [1.29, 1.82) is 0 Å². The van der Waals surface area contributed by atoms with Gasteiger partial charge in [-0.15, -0.1) is 11.8 Å². The van der Waals surface area contributed by atoms with Crippen LogP contribution in [0.4, 0.5) is 8.78 Å². The highest BCUT2D eigenvalue weighted by atomic mass is 32.2. The van der Waals surface area contributed by atoms with E-state index in [1.54, 1.807) is 41.3 Å². The van der Waals surface area contributed by atoms with E-state index >= 15 is 0 Å². The Labute approximate surface area is 165 Å². The predicted octanol–water partition coefficient (Wildman–Crippen LogP) is 4.74. The third-order valence-electron chi connectivity index (χ3n) is 4.68. The van der Waals surface area contributed by atoms with Crippen molar-refractivity contribution in [2.45, 2.75) is 11.8 Å². The van der Waals surface area contributed by atoms with Gasteiger partial charge in [0.15, 0.2) is 0 Å². The van der Waals surface area contributed by atoms with Crippen LogP contribution in [0.15, 0.2) is 41.6 Å². The van der Waals surface area contributed by atoms with Crippen molar-refractivity contribution in [3.8, 4) is 22.7 Å². The van der Waals surface area contributed by atoms with E-state index < -0.39 is 11.6 Å². The van der Waals surface area contributed by atoms with E-state index in [1.165, 1.54) is 19.2 Å². The van der Waals surface area contributed by atoms with E-state index in [4.69, 9.17) is 4.74 Å². The molecule has 0 bridgehead atoms. The highest BCUT2D eigenvalue weighted by molar-refractivity contribution is 7.98. The van der Waals surface area contributed by atoms with Crippen LogP contribution in [-0.2, 0) is 7.05 Å². The molecular weight excluding hydrogens is 382 g/mol. The third kappa shape index (κ3) is 2.84. The molecule has 0 fully saturated rings. The van der Waals surface area contributed by atoms with Crippen molar-refractivity contribution in [3.63, 3.8) is 0 Å². The molecule has 0 spiro atoms. The fraction of sp³-hybridized carbons (Fsp3) is 0.200. The van der Waals surface area contributed by atoms with Crippen molar-refractivity contribution >= 4 is 22.8 Å². The fourth-order valence-corrected chi connectivity index (χ4v) is 3.84. The van der Waals surface area contributed by atoms with Crippen molar-refractivity contribution in [1.82, 2.24) is 19.3 Å². The average molecular weight is 400 g/mol. The molecule has 4 rings (SSSR count). The molecule has 2 aromatic heterocycles. The normalized spacial score (nSPS) is 11.4. The van der Waals surface area contributed by atoms with Gasteiger partial charge in [-0.25, -0.2) is 13.8 Å². The molecule has 5 nitrogen and oxygen atoms in total. The quantitative estimate of drug-likeness (QED) is 0.464. The molecule has 0 saturated carbocycles. The van der Waals surface area contributed by atoms with Crippen LogP contribution >= 0.6 is 11.8 Å². The number of methoxy groups -OCH3 is 1. The topological polar surface area (TPSA) is 44.9 Å². The first-order chi connectivity index (χ1) is 13.4. The Bertz CT molecular complexity index is 1180. The number of benzene rings is 2. The molecule has 0 aliphatic carbocycles. The maximum atomic E-state index is 14.8. The van der Waals surface area contributed by atoms with Gasteiger partial charge in [-0.2, -0.15) is 5.10 Å².